The summed E-state index contributed by atoms with van der Waals surface area (Å²) in [6, 6.07) is 16.9. The fraction of sp³-hybridized carbons (Fsp3) is 0.179. The highest BCUT2D eigenvalue weighted by molar-refractivity contribution is 6.09. The Morgan fingerprint density at radius 1 is 0.857 bits per heavy atom. The molecule has 2 N–H and O–H groups in total. The Morgan fingerprint density at radius 3 is 2.23 bits per heavy atom. The molecule has 0 saturated heterocycles. The largest absolute Gasteiger partial charge is 0.478 e. The Hall–Kier alpha value is -4.39. The van der Waals surface area contributed by atoms with Crippen LogP contribution < -0.4 is 9.64 Å². The van der Waals surface area contributed by atoms with Gasteiger partial charge >= 0.3 is 11.9 Å². The van der Waals surface area contributed by atoms with Gasteiger partial charge in [0.2, 0.25) is 5.72 Å². The van der Waals surface area contributed by atoms with Gasteiger partial charge in [-0.15, -0.1) is 0 Å². The summed E-state index contributed by atoms with van der Waals surface area (Å²) < 4.78 is 6.60. The van der Waals surface area contributed by atoms with Gasteiger partial charge in [-0.3, -0.25) is 4.79 Å². The minimum Gasteiger partial charge on any atom is -0.478 e. The van der Waals surface area contributed by atoms with Gasteiger partial charge in [0.25, 0.3) is 0 Å². The van der Waals surface area contributed by atoms with E-state index in [0.717, 1.165) is 5.56 Å². The van der Waals surface area contributed by atoms with Gasteiger partial charge in [-0.1, -0.05) is 42.5 Å². The van der Waals surface area contributed by atoms with E-state index in [1.54, 1.807) is 48.3 Å². The molecule has 1 spiro atoms. The van der Waals surface area contributed by atoms with Crippen LogP contribution in [0.2, 0.25) is 0 Å². The van der Waals surface area contributed by atoms with E-state index in [0.29, 0.717) is 28.1 Å². The molecule has 35 heavy (non-hydrogen) atoms. The fourth-order valence-electron chi connectivity index (χ4n) is 5.20. The molecule has 3 aromatic rings. The van der Waals surface area contributed by atoms with Gasteiger partial charge in [0.1, 0.15) is 5.75 Å². The first-order chi connectivity index (χ1) is 16.6. The number of carbonyl (C=O) groups is 3. The van der Waals surface area contributed by atoms with Gasteiger partial charge in [0.05, 0.1) is 16.5 Å². The summed E-state index contributed by atoms with van der Waals surface area (Å²) in [6.07, 6.45) is 3.75. The SMILES string of the molecule is CN1c2cc(C(=O)O)cc(C(=O)O)c2C(C)(C)C12C=Cc1ccc(C(=O)c3ccccc3)cc1O2. The van der Waals surface area contributed by atoms with Crippen molar-refractivity contribution in [1.29, 1.82) is 0 Å². The first-order valence-corrected chi connectivity index (χ1v) is 11.1. The molecule has 2 aliphatic rings. The molecule has 5 rings (SSSR count). The molecule has 176 valence electrons. The number of nitrogens with zero attached hydrogens (tertiary/aromatic N) is 1. The van der Waals surface area contributed by atoms with Gasteiger partial charge in [0.15, 0.2) is 5.78 Å². The van der Waals surface area contributed by atoms with Gasteiger partial charge < -0.3 is 19.8 Å². The average Bonchev–Trinajstić information content (AvgIpc) is 3.01. The lowest BCUT2D eigenvalue weighted by atomic mass is 9.74. The number of carbonyl (C=O) groups excluding carboxylic acids is 1. The van der Waals surface area contributed by atoms with E-state index in [-0.39, 0.29) is 16.9 Å². The molecule has 7 nitrogen and oxygen atoms in total. The lowest BCUT2D eigenvalue weighted by molar-refractivity contribution is 0.0561. The summed E-state index contributed by atoms with van der Waals surface area (Å²) in [4.78, 5) is 38.7. The lowest BCUT2D eigenvalue weighted by Crippen LogP contribution is -2.58. The molecule has 0 radical (unpaired) electrons. The fourth-order valence-corrected chi connectivity index (χ4v) is 5.20. The molecule has 7 heteroatoms. The van der Waals surface area contributed by atoms with E-state index >= 15 is 0 Å². The van der Waals surface area contributed by atoms with E-state index in [1.807, 2.05) is 38.1 Å². The molecule has 3 aromatic carbocycles. The quantitative estimate of drug-likeness (QED) is 0.527. The van der Waals surface area contributed by atoms with Crippen molar-refractivity contribution in [3.8, 4) is 5.75 Å². The van der Waals surface area contributed by atoms with Crippen molar-refractivity contribution in [1.82, 2.24) is 0 Å². The number of carboxylic acids is 2. The second-order valence-electron chi connectivity index (χ2n) is 9.29. The number of ether oxygens (including phenoxy) is 1. The first-order valence-electron chi connectivity index (χ1n) is 11.1. The van der Waals surface area contributed by atoms with E-state index in [2.05, 4.69) is 0 Å². The number of hydrogen-bond acceptors (Lipinski definition) is 5. The zero-order chi connectivity index (χ0) is 25.1. The number of likely N-dealkylation sites (N-methyl/N-ethyl adjacent to an activating group) is 1. The van der Waals surface area contributed by atoms with Gasteiger partial charge in [-0.25, -0.2) is 9.59 Å². The average molecular weight is 469 g/mol. The van der Waals surface area contributed by atoms with Crippen LogP contribution in [0.25, 0.3) is 6.08 Å². The molecule has 0 saturated carbocycles. The molecular formula is C28H23NO6. The van der Waals surface area contributed by atoms with Crippen LogP contribution in [-0.2, 0) is 5.41 Å². The van der Waals surface area contributed by atoms with Crippen molar-refractivity contribution in [3.63, 3.8) is 0 Å². The molecule has 0 bridgehead atoms. The van der Waals surface area contributed by atoms with Crippen LogP contribution in [-0.4, -0.2) is 40.7 Å². The van der Waals surface area contributed by atoms with E-state index in [4.69, 9.17) is 4.74 Å². The maximum absolute atomic E-state index is 13.0. The number of benzene rings is 3. The van der Waals surface area contributed by atoms with Crippen molar-refractivity contribution in [3.05, 3.63) is 100 Å². The maximum atomic E-state index is 13.0. The Morgan fingerprint density at radius 2 is 1.57 bits per heavy atom. The monoisotopic (exact) mass is 469 g/mol. The Labute approximate surface area is 201 Å². The minimum atomic E-state index is -1.21. The molecule has 0 amide bonds. The Balaban J connectivity index is 1.63. The molecule has 1 unspecified atom stereocenters. The highest BCUT2D eigenvalue weighted by Crippen LogP contribution is 2.55. The number of carboxylic acid groups (broad SMARTS) is 2. The molecule has 1 atom stereocenters. The third-order valence-corrected chi connectivity index (χ3v) is 7.04. The Bertz CT molecular complexity index is 1440. The third-order valence-electron chi connectivity index (χ3n) is 7.04. The zero-order valence-electron chi connectivity index (χ0n) is 19.4. The van der Waals surface area contributed by atoms with Crippen LogP contribution in [0.4, 0.5) is 5.69 Å². The van der Waals surface area contributed by atoms with Crippen molar-refractivity contribution in [2.24, 2.45) is 0 Å². The molecule has 0 aliphatic carbocycles. The molecular weight excluding hydrogens is 446 g/mol. The van der Waals surface area contributed by atoms with Crippen LogP contribution in [0.1, 0.15) is 61.6 Å². The van der Waals surface area contributed by atoms with E-state index < -0.39 is 23.1 Å². The van der Waals surface area contributed by atoms with Crippen molar-refractivity contribution >= 4 is 29.5 Å². The number of aromatic carboxylic acids is 2. The number of anilines is 1. The number of hydrogen-bond donors (Lipinski definition) is 2. The van der Waals surface area contributed by atoms with Crippen molar-refractivity contribution < 1.29 is 29.3 Å². The van der Waals surface area contributed by atoms with Gasteiger partial charge in [-0.2, -0.15) is 0 Å². The number of fused-ring (bicyclic) bond motifs is 2. The Kier molecular flexibility index (Phi) is 4.84. The summed E-state index contributed by atoms with van der Waals surface area (Å²) in [5.74, 6) is -2.07. The van der Waals surface area contributed by atoms with Crippen LogP contribution in [0.15, 0.2) is 66.7 Å². The summed E-state index contributed by atoms with van der Waals surface area (Å²) in [5.41, 5.74) is 0.556. The zero-order valence-corrected chi connectivity index (χ0v) is 19.4. The van der Waals surface area contributed by atoms with Crippen LogP contribution in [0.3, 0.4) is 0 Å². The van der Waals surface area contributed by atoms with Crippen molar-refractivity contribution in [2.75, 3.05) is 11.9 Å². The van der Waals surface area contributed by atoms with Gasteiger partial charge in [-0.05, 0) is 44.2 Å². The summed E-state index contributed by atoms with van der Waals surface area (Å²) >= 11 is 0. The van der Waals surface area contributed by atoms with Crippen molar-refractivity contribution in [2.45, 2.75) is 25.0 Å². The highest BCUT2D eigenvalue weighted by Gasteiger charge is 2.59. The predicted octanol–water partition coefficient (Wildman–Crippen LogP) is 4.84. The molecule has 2 aliphatic heterocycles. The van der Waals surface area contributed by atoms with E-state index in [1.165, 1.54) is 12.1 Å². The lowest BCUT2D eigenvalue weighted by Gasteiger charge is -2.46. The van der Waals surface area contributed by atoms with Crippen LogP contribution in [0, 0.1) is 0 Å². The van der Waals surface area contributed by atoms with Crippen LogP contribution >= 0.6 is 0 Å². The number of rotatable bonds is 4. The van der Waals surface area contributed by atoms with Crippen LogP contribution in [0.5, 0.6) is 5.75 Å². The van der Waals surface area contributed by atoms with E-state index in [9.17, 15) is 24.6 Å². The topological polar surface area (TPSA) is 104 Å². The minimum absolute atomic E-state index is 0.0792. The maximum Gasteiger partial charge on any atom is 0.336 e. The summed E-state index contributed by atoms with van der Waals surface area (Å²) in [5, 5.41) is 19.5. The van der Waals surface area contributed by atoms with Gasteiger partial charge in [0, 0.05) is 35.0 Å². The smallest absolute Gasteiger partial charge is 0.336 e. The second kappa shape index (κ2) is 7.56. The molecule has 0 fully saturated rings. The molecule has 0 aromatic heterocycles. The first kappa shape index (κ1) is 22.4. The highest BCUT2D eigenvalue weighted by atomic mass is 16.5. The normalized spacial score (nSPS) is 19.1. The number of ketones is 1. The predicted molar refractivity (Wildman–Crippen MR) is 130 cm³/mol. The second-order valence-corrected chi connectivity index (χ2v) is 9.29. The third kappa shape index (κ3) is 3.15. The summed E-state index contributed by atoms with van der Waals surface area (Å²) in [7, 11) is 1.75. The summed E-state index contributed by atoms with van der Waals surface area (Å²) in [6.45, 7) is 3.74. The molecule has 2 heterocycles. The standard InChI is InChI=1S/C28H23NO6/c1-27(2)23-20(26(33)34)13-19(25(31)32)14-21(23)29(3)28(27)12-11-16-9-10-18(15-22(16)35-28)24(30)17-7-5-4-6-8-17/h4-15H,1-3H3,(H,31,32)(H,33,34).